The van der Waals surface area contributed by atoms with Gasteiger partial charge >= 0.3 is 0 Å². The third kappa shape index (κ3) is 7.51. The predicted octanol–water partition coefficient (Wildman–Crippen LogP) is 3.28. The van der Waals surface area contributed by atoms with Gasteiger partial charge in [0.1, 0.15) is 5.75 Å². The van der Waals surface area contributed by atoms with Crippen LogP contribution in [0.2, 0.25) is 0 Å². The number of benzene rings is 1. The maximum Gasteiger partial charge on any atom is 0.118 e. The molecule has 3 heteroatoms. The molecule has 0 aliphatic heterocycles. The van der Waals surface area contributed by atoms with E-state index in [4.69, 9.17) is 9.47 Å². The van der Waals surface area contributed by atoms with Crippen LogP contribution in [-0.2, 0) is 11.2 Å². The third-order valence-electron chi connectivity index (χ3n) is 3.22. The molecule has 0 aliphatic rings. The second kappa shape index (κ2) is 9.78. The Morgan fingerprint density at radius 3 is 2.40 bits per heavy atom. The Morgan fingerprint density at radius 2 is 1.80 bits per heavy atom. The molecular formula is C17H29NO2. The highest BCUT2D eigenvalue weighted by atomic mass is 16.5. The van der Waals surface area contributed by atoms with E-state index in [1.807, 2.05) is 12.1 Å². The zero-order valence-corrected chi connectivity index (χ0v) is 13.3. The topological polar surface area (TPSA) is 30.5 Å². The number of methoxy groups -OCH3 is 1. The van der Waals surface area contributed by atoms with Crippen molar-refractivity contribution in [3.8, 4) is 5.75 Å². The van der Waals surface area contributed by atoms with Crippen molar-refractivity contribution in [3.63, 3.8) is 0 Å². The second-order valence-corrected chi connectivity index (χ2v) is 5.71. The molecule has 0 bridgehead atoms. The fraction of sp³-hybridized carbons (Fsp3) is 0.647. The average molecular weight is 279 g/mol. The maximum absolute atomic E-state index is 5.56. The van der Waals surface area contributed by atoms with Crippen LogP contribution < -0.4 is 10.1 Å². The molecule has 0 heterocycles. The third-order valence-corrected chi connectivity index (χ3v) is 3.22. The maximum atomic E-state index is 5.56. The SMILES string of the molecule is COc1ccc(CCC(C)NCCOCC(C)C)cc1. The first-order chi connectivity index (χ1) is 9.61. The minimum atomic E-state index is 0.514. The standard InChI is InChI=1S/C17H29NO2/c1-14(2)13-20-12-11-18-15(3)5-6-16-7-9-17(19-4)10-8-16/h7-10,14-15,18H,5-6,11-13H2,1-4H3. The van der Waals surface area contributed by atoms with Gasteiger partial charge in [0.05, 0.1) is 13.7 Å². The van der Waals surface area contributed by atoms with Crippen LogP contribution in [0.5, 0.6) is 5.75 Å². The fourth-order valence-corrected chi connectivity index (χ4v) is 1.97. The van der Waals surface area contributed by atoms with Crippen molar-refractivity contribution in [1.82, 2.24) is 5.32 Å². The first-order valence-electron chi connectivity index (χ1n) is 7.56. The lowest BCUT2D eigenvalue weighted by molar-refractivity contribution is 0.110. The first kappa shape index (κ1) is 17.0. The van der Waals surface area contributed by atoms with Gasteiger partial charge in [0.2, 0.25) is 0 Å². The van der Waals surface area contributed by atoms with E-state index in [1.165, 1.54) is 5.56 Å². The summed E-state index contributed by atoms with van der Waals surface area (Å²) in [4.78, 5) is 0. The minimum Gasteiger partial charge on any atom is -0.497 e. The van der Waals surface area contributed by atoms with Gasteiger partial charge in [-0.15, -0.1) is 0 Å². The Balaban J connectivity index is 2.11. The summed E-state index contributed by atoms with van der Waals surface area (Å²) < 4.78 is 10.7. The van der Waals surface area contributed by atoms with Crippen molar-refractivity contribution >= 4 is 0 Å². The molecule has 0 saturated heterocycles. The molecule has 0 amide bonds. The van der Waals surface area contributed by atoms with E-state index in [1.54, 1.807) is 7.11 Å². The molecule has 0 radical (unpaired) electrons. The largest absolute Gasteiger partial charge is 0.497 e. The quantitative estimate of drug-likeness (QED) is 0.667. The lowest BCUT2D eigenvalue weighted by atomic mass is 10.1. The summed E-state index contributed by atoms with van der Waals surface area (Å²) in [5, 5.41) is 3.50. The van der Waals surface area contributed by atoms with Crippen LogP contribution in [0.25, 0.3) is 0 Å². The van der Waals surface area contributed by atoms with Crippen molar-refractivity contribution in [2.24, 2.45) is 5.92 Å². The molecule has 3 nitrogen and oxygen atoms in total. The molecule has 1 rings (SSSR count). The number of hydrogen-bond acceptors (Lipinski definition) is 3. The van der Waals surface area contributed by atoms with E-state index >= 15 is 0 Å². The van der Waals surface area contributed by atoms with Crippen LogP contribution in [0.3, 0.4) is 0 Å². The number of hydrogen-bond donors (Lipinski definition) is 1. The Hall–Kier alpha value is -1.06. The van der Waals surface area contributed by atoms with Gasteiger partial charge in [-0.25, -0.2) is 0 Å². The van der Waals surface area contributed by atoms with Crippen molar-refractivity contribution in [2.75, 3.05) is 26.9 Å². The molecule has 114 valence electrons. The van der Waals surface area contributed by atoms with Crippen LogP contribution in [0.1, 0.15) is 32.8 Å². The van der Waals surface area contributed by atoms with E-state index in [2.05, 4.69) is 38.2 Å². The highest BCUT2D eigenvalue weighted by Crippen LogP contribution is 2.13. The molecule has 1 aromatic rings. The van der Waals surface area contributed by atoms with Crippen LogP contribution in [-0.4, -0.2) is 32.9 Å². The predicted molar refractivity (Wildman–Crippen MR) is 84.4 cm³/mol. The molecule has 0 saturated carbocycles. The molecule has 0 spiro atoms. The van der Waals surface area contributed by atoms with Gasteiger partial charge in [-0.3, -0.25) is 0 Å². The van der Waals surface area contributed by atoms with E-state index in [0.717, 1.165) is 38.3 Å². The first-order valence-corrected chi connectivity index (χ1v) is 7.56. The van der Waals surface area contributed by atoms with Crippen molar-refractivity contribution in [3.05, 3.63) is 29.8 Å². The molecule has 1 N–H and O–H groups in total. The second-order valence-electron chi connectivity index (χ2n) is 5.71. The van der Waals surface area contributed by atoms with Gasteiger partial charge < -0.3 is 14.8 Å². The molecule has 0 fully saturated rings. The summed E-state index contributed by atoms with van der Waals surface area (Å²) in [5.41, 5.74) is 1.36. The van der Waals surface area contributed by atoms with Crippen molar-refractivity contribution < 1.29 is 9.47 Å². The van der Waals surface area contributed by atoms with Gasteiger partial charge in [-0.05, 0) is 43.4 Å². The Bertz CT molecular complexity index is 349. The van der Waals surface area contributed by atoms with Crippen LogP contribution in [0, 0.1) is 5.92 Å². The van der Waals surface area contributed by atoms with Gasteiger partial charge in [-0.1, -0.05) is 26.0 Å². The Kier molecular flexibility index (Phi) is 8.31. The number of aryl methyl sites for hydroxylation is 1. The molecule has 0 aromatic heterocycles. The van der Waals surface area contributed by atoms with Crippen LogP contribution in [0.15, 0.2) is 24.3 Å². The fourth-order valence-electron chi connectivity index (χ4n) is 1.97. The van der Waals surface area contributed by atoms with Gasteiger partial charge in [0, 0.05) is 19.2 Å². The molecule has 1 atom stereocenters. The monoisotopic (exact) mass is 279 g/mol. The number of nitrogens with one attached hydrogen (secondary N) is 1. The highest BCUT2D eigenvalue weighted by Gasteiger charge is 2.02. The summed E-state index contributed by atoms with van der Waals surface area (Å²) in [5.74, 6) is 1.53. The van der Waals surface area contributed by atoms with Crippen molar-refractivity contribution in [1.29, 1.82) is 0 Å². The van der Waals surface area contributed by atoms with E-state index in [9.17, 15) is 0 Å². The zero-order valence-electron chi connectivity index (χ0n) is 13.3. The van der Waals surface area contributed by atoms with E-state index in [0.29, 0.717) is 12.0 Å². The molecular weight excluding hydrogens is 250 g/mol. The smallest absolute Gasteiger partial charge is 0.118 e. The summed E-state index contributed by atoms with van der Waals surface area (Å²) in [6.07, 6.45) is 2.22. The average Bonchev–Trinajstić information content (AvgIpc) is 2.45. The number of rotatable bonds is 10. The molecule has 0 aliphatic carbocycles. The normalized spacial score (nSPS) is 12.7. The Labute approximate surface area is 123 Å². The molecule has 20 heavy (non-hydrogen) atoms. The molecule has 1 unspecified atom stereocenters. The van der Waals surface area contributed by atoms with Gasteiger partial charge in [0.15, 0.2) is 0 Å². The van der Waals surface area contributed by atoms with E-state index in [-0.39, 0.29) is 0 Å². The molecule has 1 aromatic carbocycles. The lowest BCUT2D eigenvalue weighted by Crippen LogP contribution is -2.30. The minimum absolute atomic E-state index is 0.514. The van der Waals surface area contributed by atoms with Gasteiger partial charge in [0.25, 0.3) is 0 Å². The van der Waals surface area contributed by atoms with Crippen molar-refractivity contribution in [2.45, 2.75) is 39.7 Å². The Morgan fingerprint density at radius 1 is 1.10 bits per heavy atom. The summed E-state index contributed by atoms with van der Waals surface area (Å²) in [6.45, 7) is 9.14. The van der Waals surface area contributed by atoms with E-state index < -0.39 is 0 Å². The highest BCUT2D eigenvalue weighted by molar-refractivity contribution is 5.27. The number of ether oxygens (including phenoxy) is 2. The summed E-state index contributed by atoms with van der Waals surface area (Å²) in [7, 11) is 1.70. The zero-order chi connectivity index (χ0) is 14.8. The lowest BCUT2D eigenvalue weighted by Gasteiger charge is -2.14. The van der Waals surface area contributed by atoms with Crippen LogP contribution in [0.4, 0.5) is 0 Å². The summed E-state index contributed by atoms with van der Waals surface area (Å²) >= 11 is 0. The van der Waals surface area contributed by atoms with Crippen LogP contribution >= 0.6 is 0 Å². The summed E-state index contributed by atoms with van der Waals surface area (Å²) in [6, 6.07) is 8.83. The van der Waals surface area contributed by atoms with Gasteiger partial charge in [-0.2, -0.15) is 0 Å².